The van der Waals surface area contributed by atoms with Gasteiger partial charge in [0.25, 0.3) is 0 Å². The van der Waals surface area contributed by atoms with E-state index in [9.17, 15) is 51.9 Å². The molecular weight excluding hydrogens is 1150 g/mol. The van der Waals surface area contributed by atoms with Crippen molar-refractivity contribution in [2.24, 2.45) is 20.5 Å². The van der Waals surface area contributed by atoms with Crippen molar-refractivity contribution in [1.82, 2.24) is 0 Å². The molecule has 0 atom stereocenters. The Kier molecular flexibility index (Phi) is 19.8. The largest absolute Gasteiger partial charge is 1.00 e. The Hall–Kier alpha value is -4.72. The molecule has 0 bridgehead atoms. The molecule has 0 spiro atoms. The Bertz CT molecular complexity index is 4400. The van der Waals surface area contributed by atoms with Crippen LogP contribution >= 0.6 is 0 Å². The van der Waals surface area contributed by atoms with E-state index in [1.807, 2.05) is 0 Å². The molecule has 382 valence electrons. The van der Waals surface area contributed by atoms with Gasteiger partial charge in [-0.05, 0) is 34.4 Å². The quantitative estimate of drug-likeness (QED) is 0.0475. The topological polar surface area (TPSA) is 382 Å². The maximum Gasteiger partial charge on any atom is 1.00 e. The fraction of sp³-hybridized carbons (Fsp3) is 0. The van der Waals surface area contributed by atoms with Gasteiger partial charge in [-0.1, -0.05) is 146 Å². The van der Waals surface area contributed by atoms with E-state index in [2.05, 4.69) is 20.5 Å². The number of rotatable bonds is 11. The summed E-state index contributed by atoms with van der Waals surface area (Å²) in [5.41, 5.74) is 25.0. The second kappa shape index (κ2) is 24.6. The zero-order valence-electron chi connectivity index (χ0n) is 42.6. The predicted molar refractivity (Wildman–Crippen MR) is 284 cm³/mol. The zero-order chi connectivity index (χ0) is 54.2. The molecule has 0 radical (unpaired) electrons. The van der Waals surface area contributed by atoms with Gasteiger partial charge in [-0.2, -0.15) is 0 Å². The number of azo groups is 2. The van der Waals surface area contributed by atoms with Crippen LogP contribution in [0.15, 0.2) is 198 Å². The summed E-state index contributed by atoms with van der Waals surface area (Å²) < 4.78 is 156. The van der Waals surface area contributed by atoms with Gasteiger partial charge in [-0.3, -0.25) is 0 Å². The third kappa shape index (κ3) is 12.2. The zero-order valence-corrected chi connectivity index (χ0v) is 53.9. The van der Waals surface area contributed by atoms with E-state index >= 15 is 0 Å². The molecule has 28 heteroatoms. The Morgan fingerprint density at radius 3 is 0.812 bits per heavy atom. The van der Waals surface area contributed by atoms with E-state index in [1.165, 1.54) is 97.1 Å². The van der Waals surface area contributed by atoms with Gasteiger partial charge in [0, 0.05) is 77.0 Å². The van der Waals surface area contributed by atoms with Crippen molar-refractivity contribution in [2.75, 3.05) is 22.9 Å². The van der Waals surface area contributed by atoms with Crippen LogP contribution in [0.5, 0.6) is 0 Å². The minimum Gasteiger partial charge on any atom is -0.744 e. The van der Waals surface area contributed by atoms with E-state index < -0.39 is 82.8 Å². The predicted octanol–water partition coefficient (Wildman–Crippen LogP) is -1.91. The summed E-state index contributed by atoms with van der Waals surface area (Å²) in [4.78, 5) is -3.27. The fourth-order valence-corrected chi connectivity index (χ4v) is 12.6. The molecule has 10 aromatic carbocycles. The third-order valence-electron chi connectivity index (χ3n) is 12.6. The summed E-state index contributed by atoms with van der Waals surface area (Å²) in [5, 5.41) is 16.8. The first kappa shape index (κ1) is 64.4. The summed E-state index contributed by atoms with van der Waals surface area (Å²) in [6.45, 7) is 0. The minimum atomic E-state index is -5.41. The molecule has 0 heterocycles. The van der Waals surface area contributed by atoms with Crippen LogP contribution in [0.25, 0.3) is 76.5 Å². The van der Waals surface area contributed by atoms with Crippen LogP contribution < -0.4 is 141 Å². The fourth-order valence-electron chi connectivity index (χ4n) is 9.38. The molecule has 0 aromatic heterocycles. The molecule has 10 rings (SSSR count). The molecule has 0 aliphatic rings. The van der Waals surface area contributed by atoms with Crippen LogP contribution in [0.2, 0.25) is 0 Å². The SMILES string of the molecule is Nc1cc(/N=N/c2c(-c3ccc(-c4ccc(-c5c(/N=N/c6cc(N)c7ccccc7c6S(=O)(=O)[O-])c(S(=O)(=O)[O-])c6ccccc6c5N)cc4)cc3)c(N)c3ccccc3c2S(=O)(=O)[O-])c(S(=O)(=O)[O-])c2ccccc12.[Na+].[Na+].[Na+].[Na+]. The van der Waals surface area contributed by atoms with Gasteiger partial charge in [-0.15, -0.1) is 20.5 Å². The van der Waals surface area contributed by atoms with Gasteiger partial charge in [0.2, 0.25) is 0 Å². The molecule has 8 N–H and O–H groups in total. The van der Waals surface area contributed by atoms with Crippen molar-refractivity contribution in [1.29, 1.82) is 0 Å². The Labute approximate surface area is 546 Å². The first-order valence-electron chi connectivity index (χ1n) is 22.1. The van der Waals surface area contributed by atoms with Crippen LogP contribution in [0.3, 0.4) is 0 Å². The van der Waals surface area contributed by atoms with Crippen molar-refractivity contribution in [3.05, 3.63) is 158 Å². The van der Waals surface area contributed by atoms with Crippen LogP contribution in [0, 0.1) is 0 Å². The molecule has 0 amide bonds. The van der Waals surface area contributed by atoms with Crippen LogP contribution in [0.1, 0.15) is 0 Å². The number of hydrogen-bond donors (Lipinski definition) is 4. The van der Waals surface area contributed by atoms with Crippen molar-refractivity contribution >= 4 is 129 Å². The van der Waals surface area contributed by atoms with Gasteiger partial charge in [-0.25, -0.2) is 33.7 Å². The first-order chi connectivity index (χ1) is 35.9. The summed E-state index contributed by atoms with van der Waals surface area (Å²) in [6, 6.07) is 38.2. The smallest absolute Gasteiger partial charge is 0.744 e. The Balaban J connectivity index is 0.00000258. The van der Waals surface area contributed by atoms with E-state index in [0.29, 0.717) is 11.1 Å². The number of nitrogen functional groups attached to an aromatic ring is 4. The second-order valence-corrected chi connectivity index (χ2v) is 22.4. The molecule has 0 saturated carbocycles. The molecule has 80 heavy (non-hydrogen) atoms. The van der Waals surface area contributed by atoms with Gasteiger partial charge in [0.15, 0.2) is 0 Å². The van der Waals surface area contributed by atoms with Crippen molar-refractivity contribution < 1.29 is 170 Å². The Morgan fingerprint density at radius 2 is 0.537 bits per heavy atom. The number of nitrogens with two attached hydrogens (primary N) is 4. The average molecular weight is 1180 g/mol. The maximum absolute atomic E-state index is 13.2. The normalized spacial score (nSPS) is 12.1. The minimum absolute atomic E-state index is 0. The van der Waals surface area contributed by atoms with Crippen molar-refractivity contribution in [2.45, 2.75) is 19.6 Å². The number of anilines is 4. The van der Waals surface area contributed by atoms with E-state index in [4.69, 9.17) is 22.9 Å². The van der Waals surface area contributed by atoms with Gasteiger partial charge >= 0.3 is 118 Å². The molecule has 0 unspecified atom stereocenters. The molecular formula is C52H34N8Na4O12S4. The van der Waals surface area contributed by atoms with E-state index in [1.54, 1.807) is 48.5 Å². The average Bonchev–Trinajstić information content (AvgIpc) is 3.54. The van der Waals surface area contributed by atoms with Gasteiger partial charge < -0.3 is 41.1 Å². The van der Waals surface area contributed by atoms with Crippen LogP contribution in [-0.2, 0) is 40.5 Å². The first-order valence-corrected chi connectivity index (χ1v) is 27.8. The third-order valence-corrected chi connectivity index (χ3v) is 16.3. The molecule has 0 saturated heterocycles. The Morgan fingerprint density at radius 1 is 0.300 bits per heavy atom. The molecule has 0 fully saturated rings. The van der Waals surface area contributed by atoms with Crippen molar-refractivity contribution in [3.63, 3.8) is 0 Å². The number of benzene rings is 10. The summed E-state index contributed by atoms with van der Waals surface area (Å²) >= 11 is 0. The monoisotopic (exact) mass is 1180 g/mol. The molecule has 20 nitrogen and oxygen atoms in total. The van der Waals surface area contributed by atoms with E-state index in [0.717, 1.165) is 12.1 Å². The number of nitrogens with zero attached hydrogens (tertiary/aromatic N) is 4. The number of hydrogen-bond acceptors (Lipinski definition) is 20. The van der Waals surface area contributed by atoms with E-state index in [-0.39, 0.29) is 206 Å². The van der Waals surface area contributed by atoms with Crippen LogP contribution in [0.4, 0.5) is 45.5 Å². The standard InChI is InChI=1S/C52H38N8O12S4.4Na/c53-39-25-41(49(73(61,62)63)35-13-5-1-9-31(35)39)57-59-47-43(45(55)33-11-3-7-15-37(33)51(47)75(67,68)69)29-21-17-27(18-22-29)28-19-23-30(24-20-28)44-46(56)34-12-4-8-16-38(34)52(76(70,71)72)48(44)60-58-42-26-40(54)32-10-2-6-14-36(32)50(42)74(64,65)66;;;;/h1-26H,53-56H2,(H,61,62,63)(H,64,65,66)(H,67,68,69)(H,70,71,72);;;;/q;4*+1/p-4/b59-57+,60-58+;;;;. The van der Waals surface area contributed by atoms with Gasteiger partial charge in [0.1, 0.15) is 63.2 Å². The molecule has 10 aromatic rings. The summed E-state index contributed by atoms with van der Waals surface area (Å²) in [7, 11) is -21.4. The molecule has 0 aliphatic carbocycles. The van der Waals surface area contributed by atoms with Gasteiger partial charge in [0.05, 0.1) is 19.6 Å². The number of fused-ring (bicyclic) bond motifs is 4. The van der Waals surface area contributed by atoms with Crippen molar-refractivity contribution in [3.8, 4) is 33.4 Å². The maximum atomic E-state index is 13.2. The summed E-state index contributed by atoms with van der Waals surface area (Å²) in [6.07, 6.45) is 0. The summed E-state index contributed by atoms with van der Waals surface area (Å²) in [5.74, 6) is 0. The second-order valence-electron chi connectivity index (χ2n) is 17.1. The van der Waals surface area contributed by atoms with Crippen LogP contribution in [-0.4, -0.2) is 51.9 Å². The molecule has 0 aliphatic heterocycles.